The molecule has 2 aliphatic rings. The van der Waals surface area contributed by atoms with Gasteiger partial charge in [-0.2, -0.15) is 0 Å². The third kappa shape index (κ3) is 5.44. The molecule has 2 saturated heterocycles. The molecule has 36 heavy (non-hydrogen) atoms. The number of fused-ring (bicyclic) bond motifs is 1. The Balaban J connectivity index is 1.45. The lowest BCUT2D eigenvalue weighted by atomic mass is 9.81. The smallest absolute Gasteiger partial charge is 0.161 e. The fourth-order valence-corrected chi connectivity index (χ4v) is 6.25. The van der Waals surface area contributed by atoms with Gasteiger partial charge in [-0.05, 0) is 61.1 Å². The van der Waals surface area contributed by atoms with Gasteiger partial charge in [0, 0.05) is 31.2 Å². The molecule has 2 fully saturated rings. The summed E-state index contributed by atoms with van der Waals surface area (Å²) in [6.45, 7) is 2.86. The third-order valence-corrected chi connectivity index (χ3v) is 7.91. The quantitative estimate of drug-likeness (QED) is 0.460. The Kier molecular flexibility index (Phi) is 7.90. The fourth-order valence-electron chi connectivity index (χ4n) is 6.25. The van der Waals surface area contributed by atoms with Crippen LogP contribution in [0.4, 0.5) is 0 Å². The molecule has 5 nitrogen and oxygen atoms in total. The van der Waals surface area contributed by atoms with Crippen molar-refractivity contribution < 1.29 is 14.6 Å². The van der Waals surface area contributed by atoms with Gasteiger partial charge in [0.2, 0.25) is 0 Å². The van der Waals surface area contributed by atoms with Crippen molar-refractivity contribution in [3.8, 4) is 11.5 Å². The highest BCUT2D eigenvalue weighted by Gasteiger charge is 2.43. The van der Waals surface area contributed by atoms with Crippen LogP contribution in [0.25, 0.3) is 0 Å². The minimum atomic E-state index is -0.319. The molecule has 4 atom stereocenters. The molecule has 0 unspecified atom stereocenters. The molecule has 0 aliphatic carbocycles. The van der Waals surface area contributed by atoms with Gasteiger partial charge in [-0.1, -0.05) is 66.7 Å². The number of hydrogen-bond acceptors (Lipinski definition) is 5. The van der Waals surface area contributed by atoms with E-state index in [1.54, 1.807) is 14.2 Å². The first-order valence-corrected chi connectivity index (χ1v) is 13.1. The average Bonchev–Trinajstić information content (AvgIpc) is 2.92. The minimum Gasteiger partial charge on any atom is -0.493 e. The number of rotatable bonds is 8. The molecule has 0 spiro atoms. The van der Waals surface area contributed by atoms with Crippen LogP contribution in [0.2, 0.25) is 0 Å². The van der Waals surface area contributed by atoms with Crippen LogP contribution in [0.15, 0.2) is 78.9 Å². The number of methoxy groups -OCH3 is 2. The largest absolute Gasteiger partial charge is 0.493 e. The van der Waals surface area contributed by atoms with Crippen LogP contribution in [0.3, 0.4) is 0 Å². The van der Waals surface area contributed by atoms with Crippen molar-refractivity contribution in [3.05, 3.63) is 95.6 Å². The summed E-state index contributed by atoms with van der Waals surface area (Å²) >= 11 is 0. The number of aliphatic hydroxyl groups excluding tert-OH is 1. The molecule has 5 heteroatoms. The SMILES string of the molecule is COc1ccc([C@H]2C[C@@H](O)C[C@@H]3[C@@H](N(Cc4ccccc4)Cc4ccccc4)CCCN23)cc1OC. The Labute approximate surface area is 215 Å². The molecular weight excluding hydrogens is 448 g/mol. The first-order chi connectivity index (χ1) is 17.7. The number of benzene rings is 3. The summed E-state index contributed by atoms with van der Waals surface area (Å²) < 4.78 is 11.1. The summed E-state index contributed by atoms with van der Waals surface area (Å²) in [5.74, 6) is 1.48. The molecule has 3 aromatic rings. The molecule has 0 saturated carbocycles. The Hall–Kier alpha value is -2.86. The van der Waals surface area contributed by atoms with Crippen LogP contribution < -0.4 is 9.47 Å². The highest BCUT2D eigenvalue weighted by Crippen LogP contribution is 2.42. The molecule has 1 N–H and O–H groups in total. The predicted octanol–water partition coefficient (Wildman–Crippen LogP) is 5.44. The van der Waals surface area contributed by atoms with E-state index in [9.17, 15) is 5.11 Å². The van der Waals surface area contributed by atoms with E-state index in [2.05, 4.69) is 82.6 Å². The number of hydrogen-bond donors (Lipinski definition) is 1. The molecule has 0 amide bonds. The summed E-state index contributed by atoms with van der Waals surface area (Å²) in [4.78, 5) is 5.30. The summed E-state index contributed by atoms with van der Waals surface area (Å²) in [6.07, 6.45) is 3.54. The molecule has 0 aromatic heterocycles. The lowest BCUT2D eigenvalue weighted by molar-refractivity contribution is -0.0622. The summed E-state index contributed by atoms with van der Waals surface area (Å²) in [7, 11) is 3.35. The second-order valence-corrected chi connectivity index (χ2v) is 10.1. The highest BCUT2D eigenvalue weighted by atomic mass is 16.5. The van der Waals surface area contributed by atoms with E-state index in [1.165, 1.54) is 16.7 Å². The van der Waals surface area contributed by atoms with Crippen molar-refractivity contribution in [1.82, 2.24) is 9.80 Å². The van der Waals surface area contributed by atoms with E-state index in [4.69, 9.17) is 9.47 Å². The van der Waals surface area contributed by atoms with Crippen molar-refractivity contribution in [2.24, 2.45) is 0 Å². The molecular formula is C31H38N2O3. The van der Waals surface area contributed by atoms with Crippen molar-refractivity contribution >= 4 is 0 Å². The van der Waals surface area contributed by atoms with Gasteiger partial charge in [-0.15, -0.1) is 0 Å². The molecule has 2 heterocycles. The number of piperidine rings is 2. The third-order valence-electron chi connectivity index (χ3n) is 7.91. The zero-order valence-electron chi connectivity index (χ0n) is 21.4. The van der Waals surface area contributed by atoms with E-state index in [1.807, 2.05) is 6.07 Å². The van der Waals surface area contributed by atoms with Gasteiger partial charge in [0.25, 0.3) is 0 Å². The maximum absolute atomic E-state index is 11.1. The van der Waals surface area contributed by atoms with Crippen molar-refractivity contribution in [2.45, 2.75) is 63.0 Å². The Morgan fingerprint density at radius 2 is 1.47 bits per heavy atom. The van der Waals surface area contributed by atoms with Gasteiger partial charge in [0.05, 0.1) is 20.3 Å². The number of aliphatic hydroxyl groups is 1. The van der Waals surface area contributed by atoms with Crippen LogP contribution in [0, 0.1) is 0 Å². The van der Waals surface area contributed by atoms with Crippen LogP contribution in [0.5, 0.6) is 11.5 Å². The van der Waals surface area contributed by atoms with Gasteiger partial charge >= 0.3 is 0 Å². The van der Waals surface area contributed by atoms with Gasteiger partial charge in [-0.25, -0.2) is 0 Å². The van der Waals surface area contributed by atoms with Gasteiger partial charge < -0.3 is 14.6 Å². The van der Waals surface area contributed by atoms with Crippen LogP contribution in [-0.2, 0) is 13.1 Å². The van der Waals surface area contributed by atoms with E-state index >= 15 is 0 Å². The Morgan fingerprint density at radius 1 is 0.833 bits per heavy atom. The second-order valence-electron chi connectivity index (χ2n) is 10.1. The van der Waals surface area contributed by atoms with Crippen molar-refractivity contribution in [1.29, 1.82) is 0 Å². The lowest BCUT2D eigenvalue weighted by Gasteiger charge is -2.53. The maximum atomic E-state index is 11.1. The lowest BCUT2D eigenvalue weighted by Crippen LogP contribution is -2.59. The van der Waals surface area contributed by atoms with Gasteiger partial charge in [0.15, 0.2) is 11.5 Å². The molecule has 0 bridgehead atoms. The number of ether oxygens (including phenoxy) is 2. The summed E-state index contributed by atoms with van der Waals surface area (Å²) in [5, 5.41) is 11.1. The highest BCUT2D eigenvalue weighted by molar-refractivity contribution is 5.44. The number of nitrogens with zero attached hydrogens (tertiary/aromatic N) is 2. The van der Waals surface area contributed by atoms with E-state index < -0.39 is 0 Å². The molecule has 0 radical (unpaired) electrons. The Morgan fingerprint density at radius 3 is 2.08 bits per heavy atom. The standard InChI is InChI=1S/C31H38N2O3/c1-35-30-16-15-25(18-31(30)36-2)28-19-26(34)20-29-27(14-9-17-33(28)29)32(21-23-10-5-3-6-11-23)22-24-12-7-4-8-13-24/h3-8,10-13,15-16,18,26-29,34H,9,14,17,19-22H2,1-2H3/t26-,27+,28-,29-/m1/s1. The first kappa shape index (κ1) is 24.8. The first-order valence-electron chi connectivity index (χ1n) is 13.1. The topological polar surface area (TPSA) is 45.2 Å². The predicted molar refractivity (Wildman–Crippen MR) is 143 cm³/mol. The van der Waals surface area contributed by atoms with Crippen molar-refractivity contribution in [3.63, 3.8) is 0 Å². The normalized spacial score (nSPS) is 24.3. The zero-order chi connectivity index (χ0) is 24.9. The summed E-state index contributed by atoms with van der Waals surface area (Å²) in [6, 6.07) is 28.6. The molecule has 190 valence electrons. The van der Waals surface area contributed by atoms with E-state index in [-0.39, 0.29) is 12.1 Å². The second kappa shape index (κ2) is 11.5. The average molecular weight is 487 g/mol. The van der Waals surface area contributed by atoms with Crippen molar-refractivity contribution in [2.75, 3.05) is 20.8 Å². The minimum absolute atomic E-state index is 0.164. The Bertz CT molecular complexity index is 1070. The summed E-state index contributed by atoms with van der Waals surface area (Å²) in [5.41, 5.74) is 3.85. The van der Waals surface area contributed by atoms with Gasteiger partial charge in [0.1, 0.15) is 0 Å². The van der Waals surface area contributed by atoms with Crippen LogP contribution in [-0.4, -0.2) is 53.9 Å². The zero-order valence-corrected chi connectivity index (χ0v) is 21.4. The van der Waals surface area contributed by atoms with Gasteiger partial charge in [-0.3, -0.25) is 9.80 Å². The maximum Gasteiger partial charge on any atom is 0.161 e. The van der Waals surface area contributed by atoms with Crippen LogP contribution >= 0.6 is 0 Å². The fraction of sp³-hybridized carbons (Fsp3) is 0.419. The molecule has 2 aliphatic heterocycles. The molecule has 5 rings (SSSR count). The van der Waals surface area contributed by atoms with E-state index in [0.717, 1.165) is 56.8 Å². The monoisotopic (exact) mass is 486 g/mol. The van der Waals surface area contributed by atoms with E-state index in [0.29, 0.717) is 12.1 Å². The molecule has 3 aromatic carbocycles. The van der Waals surface area contributed by atoms with Crippen LogP contribution in [0.1, 0.15) is 48.4 Å².